The van der Waals surface area contributed by atoms with Crippen LogP contribution in [0.1, 0.15) is 32.1 Å². The SMILES string of the molecule is O=C(OCC1C2CC3CC(C2)CC1C3)OS(=O)(=O)C(F)F.Sc1ccc(Sc2ccccc2)cc1. The highest BCUT2D eigenvalue weighted by atomic mass is 32.2. The summed E-state index contributed by atoms with van der Waals surface area (Å²) < 4.78 is 54.2. The summed E-state index contributed by atoms with van der Waals surface area (Å²) in [6.07, 6.45) is 4.27. The van der Waals surface area contributed by atoms with Gasteiger partial charge in [0.15, 0.2) is 0 Å². The molecule has 5 nitrogen and oxygen atoms in total. The lowest BCUT2D eigenvalue weighted by atomic mass is 9.52. The molecule has 0 N–H and O–H groups in total. The molecule has 0 radical (unpaired) electrons. The first-order chi connectivity index (χ1) is 16.7. The van der Waals surface area contributed by atoms with Crippen molar-refractivity contribution in [3.63, 3.8) is 0 Å². The van der Waals surface area contributed by atoms with Crippen LogP contribution in [0.25, 0.3) is 0 Å². The van der Waals surface area contributed by atoms with Crippen LogP contribution in [-0.4, -0.2) is 26.9 Å². The lowest BCUT2D eigenvalue weighted by Gasteiger charge is -2.54. The van der Waals surface area contributed by atoms with E-state index in [9.17, 15) is 22.0 Å². The van der Waals surface area contributed by atoms with E-state index >= 15 is 0 Å². The van der Waals surface area contributed by atoms with Gasteiger partial charge in [0.05, 0.1) is 6.61 Å². The van der Waals surface area contributed by atoms with E-state index in [4.69, 9.17) is 4.74 Å². The number of ether oxygens (including phenoxy) is 1. The molecule has 0 spiro atoms. The summed E-state index contributed by atoms with van der Waals surface area (Å²) in [6, 6.07) is 18.5. The number of halogens is 2. The molecule has 2 aromatic carbocycles. The van der Waals surface area contributed by atoms with E-state index in [-0.39, 0.29) is 12.5 Å². The Hall–Kier alpha value is -1.78. The number of hydrogen-bond donors (Lipinski definition) is 1. The molecule has 2 aromatic rings. The van der Waals surface area contributed by atoms with Crippen LogP contribution in [0.15, 0.2) is 69.3 Å². The molecule has 6 rings (SSSR count). The second-order valence-corrected chi connectivity index (χ2v) is 12.6. The molecular formula is C25H28F2O5S3. The van der Waals surface area contributed by atoms with Crippen molar-refractivity contribution in [2.75, 3.05) is 6.61 Å². The zero-order valence-corrected chi connectivity index (χ0v) is 21.5. The third-order valence-electron chi connectivity index (χ3n) is 7.03. The Kier molecular flexibility index (Phi) is 8.65. The summed E-state index contributed by atoms with van der Waals surface area (Å²) in [5, 5.41) is 0. The van der Waals surface area contributed by atoms with E-state index in [1.165, 1.54) is 16.2 Å². The first-order valence-corrected chi connectivity index (χ1v) is 14.3. The van der Waals surface area contributed by atoms with Crippen molar-refractivity contribution in [2.24, 2.45) is 29.6 Å². The van der Waals surface area contributed by atoms with Gasteiger partial charge in [0, 0.05) is 14.7 Å². The van der Waals surface area contributed by atoms with Crippen molar-refractivity contribution in [3.05, 3.63) is 54.6 Å². The van der Waals surface area contributed by atoms with Gasteiger partial charge in [-0.25, -0.2) is 4.79 Å². The number of benzene rings is 2. The standard InChI is InChI=1S/C13H18F2O5S.C12H10S2/c14-12(15)21(17,18)20-13(16)19-6-11-9-2-7-1-8(4-9)5-10(11)3-7;13-10-6-8-12(9-7-10)14-11-4-2-1-3-5-11/h7-12H,1-6H2;1-9,13H. The molecule has 0 atom stereocenters. The average molecular weight is 543 g/mol. The van der Waals surface area contributed by atoms with Gasteiger partial charge in [-0.05, 0) is 98.1 Å². The third kappa shape index (κ3) is 7.13. The molecule has 0 unspecified atom stereocenters. The summed E-state index contributed by atoms with van der Waals surface area (Å²) in [7, 11) is -5.18. The first kappa shape index (κ1) is 26.3. The zero-order chi connectivity index (χ0) is 25.0. The maximum absolute atomic E-state index is 12.1. The van der Waals surface area contributed by atoms with Crippen LogP contribution in [0.3, 0.4) is 0 Å². The van der Waals surface area contributed by atoms with Crippen LogP contribution in [0.2, 0.25) is 0 Å². The molecule has 0 heterocycles. The normalized spacial score (nSPS) is 26.7. The Labute approximate surface area is 214 Å². The molecule has 35 heavy (non-hydrogen) atoms. The quantitative estimate of drug-likeness (QED) is 0.244. The monoisotopic (exact) mass is 542 g/mol. The summed E-state index contributed by atoms with van der Waals surface area (Å²) in [5.41, 5.74) is 0. The smallest absolute Gasteiger partial charge is 0.433 e. The molecule has 4 aliphatic carbocycles. The van der Waals surface area contributed by atoms with Crippen LogP contribution in [-0.2, 0) is 19.0 Å². The van der Waals surface area contributed by atoms with Gasteiger partial charge in [0.25, 0.3) is 0 Å². The first-order valence-electron chi connectivity index (χ1n) is 11.6. The minimum absolute atomic E-state index is 0.0619. The summed E-state index contributed by atoms with van der Waals surface area (Å²) >= 11 is 6.01. The molecular weight excluding hydrogens is 514 g/mol. The maximum atomic E-state index is 12.1. The van der Waals surface area contributed by atoms with Gasteiger partial charge in [0.2, 0.25) is 0 Å². The van der Waals surface area contributed by atoms with Crippen molar-refractivity contribution in [1.29, 1.82) is 0 Å². The Morgan fingerprint density at radius 1 is 0.914 bits per heavy atom. The summed E-state index contributed by atoms with van der Waals surface area (Å²) in [4.78, 5) is 14.8. The summed E-state index contributed by atoms with van der Waals surface area (Å²) in [5.74, 6) is -0.989. The molecule has 4 saturated carbocycles. The van der Waals surface area contributed by atoms with E-state index < -0.39 is 22.0 Å². The average Bonchev–Trinajstić information content (AvgIpc) is 2.80. The fourth-order valence-corrected chi connectivity index (χ4v) is 7.07. The Bertz CT molecular complexity index is 1070. The van der Waals surface area contributed by atoms with E-state index in [0.29, 0.717) is 11.8 Å². The Balaban J connectivity index is 0.000000179. The molecule has 0 aromatic heterocycles. The van der Waals surface area contributed by atoms with Crippen LogP contribution < -0.4 is 0 Å². The third-order valence-corrected chi connectivity index (χ3v) is 9.15. The highest BCUT2D eigenvalue weighted by Crippen LogP contribution is 2.56. The zero-order valence-electron chi connectivity index (χ0n) is 19.0. The van der Waals surface area contributed by atoms with Gasteiger partial charge in [0.1, 0.15) is 0 Å². The molecule has 0 aliphatic heterocycles. The van der Waals surface area contributed by atoms with Gasteiger partial charge in [-0.15, -0.1) is 12.6 Å². The molecule has 0 amide bonds. The minimum Gasteiger partial charge on any atom is -0.433 e. The number of hydrogen-bond acceptors (Lipinski definition) is 7. The fraction of sp³-hybridized carbons (Fsp3) is 0.480. The topological polar surface area (TPSA) is 69.7 Å². The molecule has 0 saturated heterocycles. The lowest BCUT2D eigenvalue weighted by Crippen LogP contribution is -2.46. The van der Waals surface area contributed by atoms with Crippen LogP contribution >= 0.6 is 24.4 Å². The number of alkyl halides is 2. The van der Waals surface area contributed by atoms with E-state index in [1.54, 1.807) is 11.8 Å². The summed E-state index contributed by atoms with van der Waals surface area (Å²) in [6.45, 7) is 0.0619. The lowest BCUT2D eigenvalue weighted by molar-refractivity contribution is -0.0628. The van der Waals surface area contributed by atoms with Crippen molar-refractivity contribution >= 4 is 40.7 Å². The fourth-order valence-electron chi connectivity index (χ4n) is 5.77. The van der Waals surface area contributed by atoms with Gasteiger partial charge in [-0.2, -0.15) is 17.2 Å². The maximum Gasteiger partial charge on any atom is 0.524 e. The number of carbonyl (C=O) groups is 1. The Morgan fingerprint density at radius 3 is 2.00 bits per heavy atom. The highest BCUT2D eigenvalue weighted by molar-refractivity contribution is 7.99. The van der Waals surface area contributed by atoms with E-state index in [1.807, 2.05) is 18.2 Å². The Morgan fingerprint density at radius 2 is 1.46 bits per heavy atom. The van der Waals surface area contributed by atoms with Crippen molar-refractivity contribution in [3.8, 4) is 0 Å². The van der Waals surface area contributed by atoms with Crippen molar-refractivity contribution in [1.82, 2.24) is 0 Å². The van der Waals surface area contributed by atoms with Gasteiger partial charge in [-0.1, -0.05) is 30.0 Å². The molecule has 4 aliphatic rings. The van der Waals surface area contributed by atoms with Gasteiger partial charge in [-0.3, -0.25) is 0 Å². The van der Waals surface area contributed by atoms with E-state index in [0.717, 1.165) is 42.4 Å². The second kappa shape index (κ2) is 11.5. The van der Waals surface area contributed by atoms with Gasteiger partial charge >= 0.3 is 22.0 Å². The number of thiol groups is 1. The van der Waals surface area contributed by atoms with Crippen LogP contribution in [0.5, 0.6) is 0 Å². The molecule has 190 valence electrons. The molecule has 4 bridgehead atoms. The molecule has 10 heteroatoms. The van der Waals surface area contributed by atoms with Crippen LogP contribution in [0, 0.1) is 29.6 Å². The van der Waals surface area contributed by atoms with Crippen molar-refractivity contribution in [2.45, 2.75) is 52.5 Å². The number of carbonyl (C=O) groups excluding carboxylic acids is 1. The number of rotatable bonds is 6. The highest BCUT2D eigenvalue weighted by Gasteiger charge is 2.48. The molecule has 4 fully saturated rings. The largest absolute Gasteiger partial charge is 0.524 e. The van der Waals surface area contributed by atoms with E-state index in [2.05, 4.69) is 53.2 Å². The van der Waals surface area contributed by atoms with Crippen LogP contribution in [0.4, 0.5) is 13.6 Å². The van der Waals surface area contributed by atoms with Gasteiger partial charge < -0.3 is 8.92 Å². The predicted molar refractivity (Wildman–Crippen MR) is 132 cm³/mol. The second-order valence-electron chi connectivity index (χ2n) is 9.40. The minimum atomic E-state index is -5.18. The predicted octanol–water partition coefficient (Wildman–Crippen LogP) is 6.89. The van der Waals surface area contributed by atoms with Crippen molar-refractivity contribution < 1.29 is 30.9 Å².